The molecule has 0 atom stereocenters. The van der Waals surface area contributed by atoms with Crippen molar-refractivity contribution < 1.29 is 19.4 Å². The lowest BCUT2D eigenvalue weighted by Gasteiger charge is -2.11. The molecule has 116 valence electrons. The molecular formula is C14H13ClN2O4S. The van der Waals surface area contributed by atoms with Gasteiger partial charge < -0.3 is 14.7 Å². The van der Waals surface area contributed by atoms with Crippen LogP contribution in [-0.4, -0.2) is 52.6 Å². The Bertz CT molecular complexity index is 689. The Morgan fingerprint density at radius 3 is 2.59 bits per heavy atom. The van der Waals surface area contributed by atoms with Crippen molar-refractivity contribution in [2.24, 2.45) is 0 Å². The van der Waals surface area contributed by atoms with Crippen LogP contribution in [0.1, 0.15) is 5.56 Å². The summed E-state index contributed by atoms with van der Waals surface area (Å²) in [6.45, 7) is -0.472. The van der Waals surface area contributed by atoms with Crippen molar-refractivity contribution in [2.75, 3.05) is 20.7 Å². The maximum atomic E-state index is 12.1. The highest BCUT2D eigenvalue weighted by molar-refractivity contribution is 7.80. The Kier molecular flexibility index (Phi) is 4.68. The molecule has 8 heteroatoms. The minimum atomic E-state index is -1.09. The molecule has 0 unspecified atom stereocenters. The van der Waals surface area contributed by atoms with Crippen LogP contribution in [0.15, 0.2) is 23.9 Å². The predicted octanol–water partition coefficient (Wildman–Crippen LogP) is 1.83. The van der Waals surface area contributed by atoms with E-state index in [9.17, 15) is 9.59 Å². The zero-order valence-electron chi connectivity index (χ0n) is 11.9. The molecule has 0 saturated carbocycles. The number of rotatable bonds is 4. The van der Waals surface area contributed by atoms with Gasteiger partial charge >= 0.3 is 5.97 Å². The van der Waals surface area contributed by atoms with Crippen LogP contribution in [0.2, 0.25) is 5.02 Å². The fraction of sp³-hybridized carbons (Fsp3) is 0.214. The lowest BCUT2D eigenvalue weighted by Crippen LogP contribution is -2.26. The molecule has 1 aromatic carbocycles. The van der Waals surface area contributed by atoms with E-state index in [4.69, 9.17) is 33.7 Å². The largest absolute Gasteiger partial charge is 0.480 e. The molecule has 0 bridgehead atoms. The molecular weight excluding hydrogens is 328 g/mol. The molecule has 1 fully saturated rings. The monoisotopic (exact) mass is 340 g/mol. The average Bonchev–Trinajstić information content (AvgIpc) is 2.64. The number of carbonyl (C=O) groups is 2. The number of carboxylic acid groups (broad SMARTS) is 1. The minimum Gasteiger partial charge on any atom is -0.480 e. The van der Waals surface area contributed by atoms with E-state index in [2.05, 4.69) is 0 Å². The third-order valence-corrected chi connectivity index (χ3v) is 3.91. The molecule has 1 aliphatic rings. The van der Waals surface area contributed by atoms with Crippen molar-refractivity contribution in [1.82, 2.24) is 9.80 Å². The first-order chi connectivity index (χ1) is 10.3. The Hall–Kier alpha value is -2.12. The molecule has 6 nitrogen and oxygen atoms in total. The van der Waals surface area contributed by atoms with Gasteiger partial charge in [0, 0.05) is 14.1 Å². The highest BCUT2D eigenvalue weighted by atomic mass is 35.5. The van der Waals surface area contributed by atoms with Crippen LogP contribution in [0.4, 0.5) is 0 Å². The number of amides is 1. The number of likely N-dealkylation sites (N-methyl/N-ethyl adjacent to an activating group) is 2. The molecule has 0 aromatic heterocycles. The number of nitrogens with zero attached hydrogens (tertiary/aromatic N) is 2. The standard InChI is InChI=1S/C14H13ClN2O4S/c1-16-10(13(20)17(2)14(16)22)6-8-3-4-11(9(15)5-8)21-7-12(18)19/h3-6H,7H2,1-2H3,(H,18,19)/b10-6-. The van der Waals surface area contributed by atoms with Crippen molar-refractivity contribution in [1.29, 1.82) is 0 Å². The van der Waals surface area contributed by atoms with Gasteiger partial charge in [-0.25, -0.2) is 4.79 Å². The fourth-order valence-corrected chi connectivity index (χ4v) is 2.33. The molecule has 1 saturated heterocycles. The first kappa shape index (κ1) is 16.3. The summed E-state index contributed by atoms with van der Waals surface area (Å²) < 4.78 is 5.04. The summed E-state index contributed by atoms with van der Waals surface area (Å²) in [5.41, 5.74) is 1.11. The summed E-state index contributed by atoms with van der Waals surface area (Å²) in [7, 11) is 3.32. The van der Waals surface area contributed by atoms with E-state index in [1.165, 1.54) is 4.90 Å². The van der Waals surface area contributed by atoms with Crippen molar-refractivity contribution >= 4 is 46.9 Å². The number of hydrogen-bond acceptors (Lipinski definition) is 4. The van der Waals surface area contributed by atoms with Crippen LogP contribution in [0.5, 0.6) is 5.75 Å². The summed E-state index contributed by atoms with van der Waals surface area (Å²) in [5, 5.41) is 9.26. The zero-order chi connectivity index (χ0) is 16.4. The van der Waals surface area contributed by atoms with Gasteiger partial charge in [0.1, 0.15) is 11.4 Å². The third kappa shape index (κ3) is 3.20. The number of carboxylic acids is 1. The minimum absolute atomic E-state index is 0.199. The van der Waals surface area contributed by atoms with Crippen LogP contribution < -0.4 is 4.74 Å². The molecule has 22 heavy (non-hydrogen) atoms. The average molecular weight is 341 g/mol. The maximum Gasteiger partial charge on any atom is 0.341 e. The summed E-state index contributed by atoms with van der Waals surface area (Å²) in [6, 6.07) is 4.83. The number of benzene rings is 1. The SMILES string of the molecule is CN1C(=O)/C(=C/c2ccc(OCC(=O)O)c(Cl)c2)N(C)C1=S. The first-order valence-corrected chi connectivity index (χ1v) is 7.01. The van der Waals surface area contributed by atoms with Gasteiger partial charge in [0.05, 0.1) is 5.02 Å². The number of halogens is 1. The van der Waals surface area contributed by atoms with E-state index < -0.39 is 12.6 Å². The summed E-state index contributed by atoms with van der Waals surface area (Å²) >= 11 is 11.2. The highest BCUT2D eigenvalue weighted by Crippen LogP contribution is 2.28. The Morgan fingerprint density at radius 1 is 1.41 bits per heavy atom. The molecule has 0 aliphatic carbocycles. The molecule has 1 heterocycles. The van der Waals surface area contributed by atoms with Gasteiger partial charge in [0.25, 0.3) is 5.91 Å². The topological polar surface area (TPSA) is 70.1 Å². The number of hydrogen-bond donors (Lipinski definition) is 1. The lowest BCUT2D eigenvalue weighted by atomic mass is 10.1. The van der Waals surface area contributed by atoms with Crippen LogP contribution in [0, 0.1) is 0 Å². The number of ether oxygens (including phenoxy) is 1. The maximum absolute atomic E-state index is 12.1. The summed E-state index contributed by atoms with van der Waals surface area (Å²) in [4.78, 5) is 25.5. The molecule has 0 radical (unpaired) electrons. The third-order valence-electron chi connectivity index (χ3n) is 3.07. The van der Waals surface area contributed by atoms with Gasteiger partial charge in [-0.15, -0.1) is 0 Å². The second-order valence-corrected chi connectivity index (χ2v) is 5.38. The molecule has 1 aromatic rings. The van der Waals surface area contributed by atoms with E-state index in [0.29, 0.717) is 16.4 Å². The molecule has 1 N–H and O–H groups in total. The Balaban J connectivity index is 2.26. The van der Waals surface area contributed by atoms with E-state index >= 15 is 0 Å². The van der Waals surface area contributed by atoms with E-state index in [1.54, 1.807) is 43.3 Å². The van der Waals surface area contributed by atoms with Crippen molar-refractivity contribution in [3.8, 4) is 5.75 Å². The molecule has 1 amide bonds. The number of aliphatic carboxylic acids is 1. The smallest absolute Gasteiger partial charge is 0.341 e. The lowest BCUT2D eigenvalue weighted by molar-refractivity contribution is -0.139. The predicted molar refractivity (Wildman–Crippen MR) is 85.7 cm³/mol. The van der Waals surface area contributed by atoms with Crippen LogP contribution in [-0.2, 0) is 9.59 Å². The summed E-state index contributed by atoms with van der Waals surface area (Å²) in [6.07, 6.45) is 1.66. The van der Waals surface area contributed by atoms with Gasteiger partial charge in [-0.2, -0.15) is 0 Å². The van der Waals surface area contributed by atoms with E-state index in [1.807, 2.05) is 0 Å². The molecule has 0 spiro atoms. The second kappa shape index (κ2) is 6.33. The number of thiocarbonyl (C=S) groups is 1. The zero-order valence-corrected chi connectivity index (χ0v) is 13.4. The Labute approximate surface area is 137 Å². The van der Waals surface area contributed by atoms with Gasteiger partial charge in [0.2, 0.25) is 0 Å². The van der Waals surface area contributed by atoms with Crippen molar-refractivity contribution in [3.05, 3.63) is 34.5 Å². The summed E-state index contributed by atoms with van der Waals surface area (Å²) in [5.74, 6) is -1.02. The van der Waals surface area contributed by atoms with Gasteiger partial charge in [-0.3, -0.25) is 9.69 Å². The quantitative estimate of drug-likeness (QED) is 0.666. The first-order valence-electron chi connectivity index (χ1n) is 6.23. The highest BCUT2D eigenvalue weighted by Gasteiger charge is 2.32. The normalized spacial score (nSPS) is 16.6. The van der Waals surface area contributed by atoms with Crippen LogP contribution >= 0.6 is 23.8 Å². The van der Waals surface area contributed by atoms with Gasteiger partial charge in [-0.1, -0.05) is 17.7 Å². The molecule has 1 aliphatic heterocycles. The van der Waals surface area contributed by atoms with Crippen molar-refractivity contribution in [3.63, 3.8) is 0 Å². The van der Waals surface area contributed by atoms with Crippen LogP contribution in [0.25, 0.3) is 6.08 Å². The fourth-order valence-electron chi connectivity index (χ4n) is 1.91. The number of carbonyl (C=O) groups excluding carboxylic acids is 1. The van der Waals surface area contributed by atoms with Gasteiger partial charge in [0.15, 0.2) is 11.7 Å². The Morgan fingerprint density at radius 2 is 2.09 bits per heavy atom. The van der Waals surface area contributed by atoms with E-state index in [-0.39, 0.29) is 16.7 Å². The van der Waals surface area contributed by atoms with Gasteiger partial charge in [-0.05, 0) is 36.0 Å². The van der Waals surface area contributed by atoms with Crippen molar-refractivity contribution in [2.45, 2.75) is 0 Å². The van der Waals surface area contributed by atoms with Crippen LogP contribution in [0.3, 0.4) is 0 Å². The van der Waals surface area contributed by atoms with E-state index in [0.717, 1.165) is 0 Å². The molecule has 2 rings (SSSR count). The second-order valence-electron chi connectivity index (χ2n) is 4.61.